The number of methoxy groups -OCH3 is 1. The van der Waals surface area contributed by atoms with Crippen LogP contribution in [0.25, 0.3) is 20.4 Å². The Morgan fingerprint density at radius 2 is 2.20 bits per heavy atom. The van der Waals surface area contributed by atoms with Gasteiger partial charge in [-0.25, -0.2) is 9.97 Å². The Balaban J connectivity index is 1.10. The van der Waals surface area contributed by atoms with Crippen LogP contribution < -0.4 is 10.1 Å². The molecule has 5 heterocycles. The molecule has 3 fully saturated rings. The summed E-state index contributed by atoms with van der Waals surface area (Å²) in [6.07, 6.45) is 5.33. The van der Waals surface area contributed by atoms with E-state index in [0.29, 0.717) is 23.7 Å². The van der Waals surface area contributed by atoms with Crippen molar-refractivity contribution in [3.63, 3.8) is 0 Å². The third-order valence-electron chi connectivity index (χ3n) is 8.45. The Bertz CT molecular complexity index is 1550. The van der Waals surface area contributed by atoms with Gasteiger partial charge >= 0.3 is 0 Å². The molecule has 2 saturated heterocycles. The number of hydrogen-bond acceptors (Lipinski definition) is 10. The molecule has 0 bridgehead atoms. The number of thiophene rings is 1. The number of amides is 1. The highest BCUT2D eigenvalue weighted by atomic mass is 32.1. The number of ether oxygens (including phenoxy) is 1. The van der Waals surface area contributed by atoms with Gasteiger partial charge < -0.3 is 15.0 Å². The predicted octanol–water partition coefficient (Wildman–Crippen LogP) is 3.22. The maximum Gasteiger partial charge on any atom is 0.227 e. The van der Waals surface area contributed by atoms with Gasteiger partial charge in [0.1, 0.15) is 28.2 Å². The fourth-order valence-corrected chi connectivity index (χ4v) is 8.48. The topological polar surface area (TPSA) is 96.1 Å². The van der Waals surface area contributed by atoms with Crippen molar-refractivity contribution >= 4 is 60.7 Å². The molecule has 35 heavy (non-hydrogen) atoms. The van der Waals surface area contributed by atoms with Gasteiger partial charge in [-0.05, 0) is 55.9 Å². The van der Waals surface area contributed by atoms with E-state index < -0.39 is 0 Å². The molecule has 2 aliphatic carbocycles. The Kier molecular flexibility index (Phi) is 3.98. The minimum absolute atomic E-state index is 0.0767. The van der Waals surface area contributed by atoms with E-state index >= 15 is 0 Å². The summed E-state index contributed by atoms with van der Waals surface area (Å²) < 4.78 is 10.6. The van der Waals surface area contributed by atoms with Gasteiger partial charge in [0.15, 0.2) is 0 Å². The van der Waals surface area contributed by atoms with Crippen LogP contribution in [0.3, 0.4) is 0 Å². The number of carbonyl (C=O) groups excluding carboxylic acids is 1. The highest BCUT2D eigenvalue weighted by Gasteiger charge is 2.84. The fourth-order valence-electron chi connectivity index (χ4n) is 6.63. The van der Waals surface area contributed by atoms with Crippen molar-refractivity contribution in [1.29, 1.82) is 0 Å². The van der Waals surface area contributed by atoms with Crippen LogP contribution in [0.4, 0.5) is 11.5 Å². The number of piperazine rings is 1. The molecule has 9 nitrogen and oxygen atoms in total. The van der Waals surface area contributed by atoms with Gasteiger partial charge in [-0.15, -0.1) is 16.4 Å². The van der Waals surface area contributed by atoms with Crippen LogP contribution >= 0.6 is 22.9 Å². The van der Waals surface area contributed by atoms with E-state index in [1.807, 2.05) is 12.1 Å². The number of fused-ring (bicyclic) bond motifs is 4. The quantitative estimate of drug-likeness (QED) is 0.423. The molecule has 4 atom stereocenters. The van der Waals surface area contributed by atoms with E-state index in [2.05, 4.69) is 41.7 Å². The third-order valence-corrected chi connectivity index (χ3v) is 10.3. The van der Waals surface area contributed by atoms with Gasteiger partial charge in [-0.3, -0.25) is 9.69 Å². The predicted molar refractivity (Wildman–Crippen MR) is 135 cm³/mol. The third kappa shape index (κ3) is 2.68. The Labute approximate surface area is 209 Å². The van der Waals surface area contributed by atoms with Gasteiger partial charge in [0.25, 0.3) is 0 Å². The smallest absolute Gasteiger partial charge is 0.227 e. The number of anilines is 2. The van der Waals surface area contributed by atoms with E-state index in [1.165, 1.54) is 22.0 Å². The molecule has 8 rings (SSSR count). The van der Waals surface area contributed by atoms with Crippen LogP contribution in [-0.4, -0.2) is 73.6 Å². The van der Waals surface area contributed by atoms with E-state index in [0.717, 1.165) is 64.2 Å². The van der Waals surface area contributed by atoms with Crippen molar-refractivity contribution < 1.29 is 9.53 Å². The lowest BCUT2D eigenvalue weighted by molar-refractivity contribution is -0.131. The van der Waals surface area contributed by atoms with Crippen molar-refractivity contribution in [3.8, 4) is 5.75 Å². The average Bonchev–Trinajstić information content (AvgIpc) is 3.53. The number of likely N-dealkylation sites (N-methyl/N-ethyl adjacent to an activating group) is 1. The summed E-state index contributed by atoms with van der Waals surface area (Å²) in [7, 11) is 3.84. The second-order valence-electron chi connectivity index (χ2n) is 10.1. The monoisotopic (exact) mass is 505 g/mol. The molecule has 4 unspecified atom stereocenters. The van der Waals surface area contributed by atoms with Gasteiger partial charge in [0.05, 0.1) is 34.5 Å². The Morgan fingerprint density at radius 1 is 1.29 bits per heavy atom. The number of aromatic nitrogens is 4. The summed E-state index contributed by atoms with van der Waals surface area (Å²) in [5.74, 6) is 1.91. The first-order valence-corrected chi connectivity index (χ1v) is 13.5. The van der Waals surface area contributed by atoms with Gasteiger partial charge in [0.2, 0.25) is 5.91 Å². The highest BCUT2D eigenvalue weighted by molar-refractivity contribution is 7.19. The summed E-state index contributed by atoms with van der Waals surface area (Å²) >= 11 is 3.06. The first kappa shape index (κ1) is 20.3. The second kappa shape index (κ2) is 6.86. The van der Waals surface area contributed by atoms with Crippen LogP contribution in [0, 0.1) is 5.92 Å². The lowest BCUT2D eigenvalue weighted by Crippen LogP contribution is -2.34. The van der Waals surface area contributed by atoms with Crippen LogP contribution in [0.5, 0.6) is 5.75 Å². The SMILES string of the molecule is COc1cc2nnsc2cc1Nc1ncnc2sc3c(c12)CCC(C(=O)N1C2CN(C)C4CC421)C3. The molecule has 4 aromatic rings. The van der Waals surface area contributed by atoms with Crippen LogP contribution in [0.15, 0.2) is 18.5 Å². The molecule has 178 valence electrons. The minimum Gasteiger partial charge on any atom is -0.494 e. The Morgan fingerprint density at radius 3 is 3.00 bits per heavy atom. The number of benzene rings is 1. The molecule has 1 spiro atoms. The normalized spacial score (nSPS) is 28.6. The van der Waals surface area contributed by atoms with Crippen LogP contribution in [0.2, 0.25) is 0 Å². The number of likely N-dealkylation sites (tertiary alicyclic amines) is 1. The summed E-state index contributed by atoms with van der Waals surface area (Å²) in [5, 5.41) is 8.70. The number of piperidine rings is 1. The van der Waals surface area contributed by atoms with Crippen LogP contribution in [0.1, 0.15) is 23.3 Å². The largest absolute Gasteiger partial charge is 0.494 e. The number of aryl methyl sites for hydroxylation is 1. The summed E-state index contributed by atoms with van der Waals surface area (Å²) in [6.45, 7) is 1.04. The number of rotatable bonds is 4. The van der Waals surface area contributed by atoms with Crippen LogP contribution in [-0.2, 0) is 17.6 Å². The lowest BCUT2D eigenvalue weighted by atomic mass is 9.87. The summed E-state index contributed by atoms with van der Waals surface area (Å²) in [6, 6.07) is 4.95. The van der Waals surface area contributed by atoms with Crippen molar-refractivity contribution in [1.82, 2.24) is 29.4 Å². The maximum atomic E-state index is 13.4. The summed E-state index contributed by atoms with van der Waals surface area (Å²) in [5.41, 5.74) is 3.12. The highest BCUT2D eigenvalue weighted by Crippen LogP contribution is 2.67. The van der Waals surface area contributed by atoms with Crippen molar-refractivity contribution in [2.24, 2.45) is 5.92 Å². The standard InChI is InChI=1S/C24H23N7O2S2/c1-30-9-19-24(8-18(24)30)31(19)23(32)11-3-4-12-16(5-11)34-22-20(12)21(25-10-26-22)27-13-7-17-14(28-29-35-17)6-15(13)33-2/h6-7,10-11,18-19H,3-5,8-9H2,1-2H3,(H,25,26,27). The summed E-state index contributed by atoms with van der Waals surface area (Å²) in [4.78, 5) is 29.5. The molecule has 11 heteroatoms. The molecule has 1 aromatic carbocycles. The van der Waals surface area contributed by atoms with Gasteiger partial charge in [-0.1, -0.05) is 4.49 Å². The minimum atomic E-state index is 0.0767. The number of hydrogen-bond donors (Lipinski definition) is 1. The van der Waals surface area contributed by atoms with E-state index in [4.69, 9.17) is 4.74 Å². The molecule has 4 aliphatic rings. The average molecular weight is 506 g/mol. The number of nitrogens with one attached hydrogen (secondary N) is 1. The maximum absolute atomic E-state index is 13.4. The molecule has 3 aromatic heterocycles. The van der Waals surface area contributed by atoms with Crippen molar-refractivity contribution in [2.45, 2.75) is 43.3 Å². The fraction of sp³-hybridized carbons (Fsp3) is 0.458. The Hall–Kier alpha value is -2.89. The number of nitrogens with zero attached hydrogens (tertiary/aromatic N) is 6. The van der Waals surface area contributed by atoms with E-state index in [-0.39, 0.29) is 11.5 Å². The van der Waals surface area contributed by atoms with Crippen molar-refractivity contribution in [2.75, 3.05) is 26.0 Å². The van der Waals surface area contributed by atoms with E-state index in [1.54, 1.807) is 24.8 Å². The zero-order chi connectivity index (χ0) is 23.5. The van der Waals surface area contributed by atoms with E-state index in [9.17, 15) is 4.79 Å². The molecule has 1 N–H and O–H groups in total. The zero-order valence-corrected chi connectivity index (χ0v) is 20.9. The second-order valence-corrected chi connectivity index (χ2v) is 12.0. The first-order chi connectivity index (χ1) is 17.1. The molecule has 1 saturated carbocycles. The molecule has 2 aliphatic heterocycles. The molecular weight excluding hydrogens is 482 g/mol. The lowest BCUT2D eigenvalue weighted by Gasteiger charge is -2.24. The first-order valence-electron chi connectivity index (χ1n) is 11.9. The van der Waals surface area contributed by atoms with Gasteiger partial charge in [-0.2, -0.15) is 0 Å². The number of carbonyl (C=O) groups is 1. The molecule has 0 radical (unpaired) electrons. The zero-order valence-electron chi connectivity index (χ0n) is 19.3. The van der Waals surface area contributed by atoms with Gasteiger partial charge in [0, 0.05) is 29.4 Å². The molecular formula is C24H23N7O2S2. The van der Waals surface area contributed by atoms with Crippen molar-refractivity contribution in [3.05, 3.63) is 28.9 Å². The molecule has 1 amide bonds.